The van der Waals surface area contributed by atoms with Gasteiger partial charge in [-0.3, -0.25) is 4.99 Å². The van der Waals surface area contributed by atoms with Crippen molar-refractivity contribution in [3.8, 4) is 0 Å². The van der Waals surface area contributed by atoms with Crippen LogP contribution >= 0.6 is 0 Å². The number of carboxylic acid groups (broad SMARTS) is 1. The van der Waals surface area contributed by atoms with E-state index in [0.29, 0.717) is 11.5 Å². The number of aromatic nitrogens is 2. The first kappa shape index (κ1) is 16.0. The van der Waals surface area contributed by atoms with Crippen LogP contribution in [0.15, 0.2) is 35.1 Å². The maximum absolute atomic E-state index is 14.1. The zero-order valence-corrected chi connectivity index (χ0v) is 13.6. The molecule has 24 heavy (non-hydrogen) atoms. The highest BCUT2D eigenvalue weighted by Crippen LogP contribution is 2.21. The highest BCUT2D eigenvalue weighted by atomic mass is 19.1. The number of amidine groups is 1. The summed E-state index contributed by atoms with van der Waals surface area (Å²) in [5.74, 6) is -1.15. The number of aryl methyl sites for hydroxylation is 1. The van der Waals surface area contributed by atoms with Crippen molar-refractivity contribution >= 4 is 22.8 Å². The SMILES string of the molecule is Cc1cnc2[nH]cc(C3=NCC(F)=C(NC(C)(C)C(=O)O)N3)c2c1. The molecule has 3 rings (SSSR count). The molecule has 126 valence electrons. The van der Waals surface area contributed by atoms with Gasteiger partial charge in [-0.1, -0.05) is 0 Å². The summed E-state index contributed by atoms with van der Waals surface area (Å²) in [5.41, 5.74) is 1.13. The fourth-order valence-electron chi connectivity index (χ4n) is 2.37. The van der Waals surface area contributed by atoms with E-state index in [1.54, 1.807) is 12.4 Å². The van der Waals surface area contributed by atoms with E-state index >= 15 is 0 Å². The van der Waals surface area contributed by atoms with Gasteiger partial charge in [-0.2, -0.15) is 0 Å². The summed E-state index contributed by atoms with van der Waals surface area (Å²) >= 11 is 0. The normalized spacial score (nSPS) is 15.2. The molecule has 8 heteroatoms. The monoisotopic (exact) mass is 331 g/mol. The fourth-order valence-corrected chi connectivity index (χ4v) is 2.37. The Balaban J connectivity index is 1.91. The molecule has 0 saturated carbocycles. The summed E-state index contributed by atoms with van der Waals surface area (Å²) in [6.45, 7) is 4.69. The van der Waals surface area contributed by atoms with Crippen molar-refractivity contribution in [3.05, 3.63) is 41.2 Å². The number of hydrogen-bond acceptors (Lipinski definition) is 5. The smallest absolute Gasteiger partial charge is 0.328 e. The molecule has 0 radical (unpaired) electrons. The lowest BCUT2D eigenvalue weighted by molar-refractivity contribution is -0.143. The molecule has 0 bridgehead atoms. The summed E-state index contributed by atoms with van der Waals surface area (Å²) in [5, 5.41) is 15.6. The summed E-state index contributed by atoms with van der Waals surface area (Å²) in [4.78, 5) is 22.8. The number of pyridine rings is 1. The van der Waals surface area contributed by atoms with E-state index < -0.39 is 17.3 Å². The number of aliphatic carboxylic acids is 1. The Bertz CT molecular complexity index is 882. The van der Waals surface area contributed by atoms with E-state index in [4.69, 9.17) is 0 Å². The Morgan fingerprint density at radius 2 is 2.21 bits per heavy atom. The number of carboxylic acids is 1. The Kier molecular flexibility index (Phi) is 3.75. The Morgan fingerprint density at radius 1 is 1.46 bits per heavy atom. The molecule has 0 atom stereocenters. The van der Waals surface area contributed by atoms with Gasteiger partial charge in [0.05, 0.1) is 6.54 Å². The molecule has 2 aromatic heterocycles. The third-order valence-corrected chi connectivity index (χ3v) is 3.79. The van der Waals surface area contributed by atoms with Gasteiger partial charge in [0.2, 0.25) is 0 Å². The van der Waals surface area contributed by atoms with Crippen molar-refractivity contribution in [2.24, 2.45) is 4.99 Å². The topological polar surface area (TPSA) is 102 Å². The molecule has 0 spiro atoms. The molecular formula is C16H18FN5O2. The zero-order chi connectivity index (χ0) is 17.5. The number of aromatic amines is 1. The molecule has 7 nitrogen and oxygen atoms in total. The first-order valence-corrected chi connectivity index (χ1v) is 7.44. The molecule has 0 aliphatic carbocycles. The highest BCUT2D eigenvalue weighted by molar-refractivity contribution is 6.10. The predicted octanol–water partition coefficient (Wildman–Crippen LogP) is 1.81. The number of fused-ring (bicyclic) bond motifs is 1. The minimum atomic E-state index is -1.32. The van der Waals surface area contributed by atoms with Crippen molar-refractivity contribution in [3.63, 3.8) is 0 Å². The average molecular weight is 331 g/mol. The summed E-state index contributed by atoms with van der Waals surface area (Å²) in [6, 6.07) is 1.96. The van der Waals surface area contributed by atoms with Gasteiger partial charge in [0, 0.05) is 23.3 Å². The van der Waals surface area contributed by atoms with Gasteiger partial charge < -0.3 is 20.7 Å². The quantitative estimate of drug-likeness (QED) is 0.684. The van der Waals surface area contributed by atoms with Gasteiger partial charge in [-0.05, 0) is 32.4 Å². The minimum Gasteiger partial charge on any atom is -0.480 e. The molecule has 1 aliphatic heterocycles. The van der Waals surface area contributed by atoms with Gasteiger partial charge in [-0.25, -0.2) is 14.2 Å². The molecule has 0 fully saturated rings. The van der Waals surface area contributed by atoms with Crippen LogP contribution in [0, 0.1) is 6.92 Å². The van der Waals surface area contributed by atoms with E-state index in [9.17, 15) is 14.3 Å². The fraction of sp³-hybridized carbons (Fsp3) is 0.312. The van der Waals surface area contributed by atoms with Crippen molar-refractivity contribution < 1.29 is 14.3 Å². The minimum absolute atomic E-state index is 0.0161. The molecule has 0 amide bonds. The van der Waals surface area contributed by atoms with Crippen LogP contribution in [0.25, 0.3) is 11.0 Å². The van der Waals surface area contributed by atoms with Crippen molar-refractivity contribution in [2.75, 3.05) is 6.54 Å². The van der Waals surface area contributed by atoms with E-state index in [1.807, 2.05) is 13.0 Å². The maximum atomic E-state index is 14.1. The Morgan fingerprint density at radius 3 is 2.92 bits per heavy atom. The summed E-state index contributed by atoms with van der Waals surface area (Å²) < 4.78 is 14.1. The van der Waals surface area contributed by atoms with Crippen molar-refractivity contribution in [1.29, 1.82) is 0 Å². The van der Waals surface area contributed by atoms with Crippen LogP contribution in [-0.2, 0) is 4.79 Å². The van der Waals surface area contributed by atoms with Crippen molar-refractivity contribution in [1.82, 2.24) is 20.6 Å². The van der Waals surface area contributed by atoms with Crippen LogP contribution in [-0.4, -0.2) is 39.0 Å². The predicted molar refractivity (Wildman–Crippen MR) is 88.4 cm³/mol. The lowest BCUT2D eigenvalue weighted by Crippen LogP contribution is -2.50. The van der Waals surface area contributed by atoms with Crippen LogP contribution in [0.2, 0.25) is 0 Å². The van der Waals surface area contributed by atoms with Crippen LogP contribution in [0.5, 0.6) is 0 Å². The second-order valence-corrected chi connectivity index (χ2v) is 6.24. The molecule has 3 heterocycles. The number of hydrogen-bond donors (Lipinski definition) is 4. The molecule has 0 unspecified atom stereocenters. The highest BCUT2D eigenvalue weighted by Gasteiger charge is 2.30. The molecule has 2 aromatic rings. The number of H-pyrrole nitrogens is 1. The first-order valence-electron chi connectivity index (χ1n) is 7.44. The number of nitrogens with one attached hydrogen (secondary N) is 3. The first-order chi connectivity index (χ1) is 11.3. The zero-order valence-electron chi connectivity index (χ0n) is 13.6. The number of nitrogens with zero attached hydrogens (tertiary/aromatic N) is 2. The van der Waals surface area contributed by atoms with Crippen LogP contribution in [0.4, 0.5) is 4.39 Å². The van der Waals surface area contributed by atoms with Crippen molar-refractivity contribution in [2.45, 2.75) is 26.3 Å². The van der Waals surface area contributed by atoms with Crippen LogP contribution in [0.3, 0.4) is 0 Å². The third kappa shape index (κ3) is 2.82. The molecule has 4 N–H and O–H groups in total. The summed E-state index contributed by atoms with van der Waals surface area (Å²) in [6.07, 6.45) is 3.49. The standard InChI is InChI=1S/C16H18FN5O2/c1-8-4-9-10(6-19-12(9)18-5-8)13-20-7-11(17)14(21-13)22-16(2,3)15(23)24/h4-6,22H,7H2,1-3H3,(H,18,19)(H,20,21)(H,23,24). The van der Waals surface area contributed by atoms with Gasteiger partial charge in [0.15, 0.2) is 5.83 Å². The lowest BCUT2D eigenvalue weighted by Gasteiger charge is -2.27. The van der Waals surface area contributed by atoms with E-state index in [2.05, 4.69) is 25.6 Å². The van der Waals surface area contributed by atoms with Gasteiger partial charge in [0.1, 0.15) is 22.8 Å². The summed E-state index contributed by atoms with van der Waals surface area (Å²) in [7, 11) is 0. The number of rotatable bonds is 4. The Hall–Kier alpha value is -2.90. The molecular weight excluding hydrogens is 313 g/mol. The second-order valence-electron chi connectivity index (χ2n) is 6.24. The van der Waals surface area contributed by atoms with E-state index in [0.717, 1.165) is 16.5 Å². The van der Waals surface area contributed by atoms with E-state index in [1.165, 1.54) is 13.8 Å². The lowest BCUT2D eigenvalue weighted by atomic mass is 10.1. The second kappa shape index (κ2) is 5.63. The van der Waals surface area contributed by atoms with Gasteiger partial charge >= 0.3 is 5.97 Å². The maximum Gasteiger partial charge on any atom is 0.328 e. The van der Waals surface area contributed by atoms with Crippen LogP contribution < -0.4 is 10.6 Å². The Labute approximate surface area is 137 Å². The average Bonchev–Trinajstić information content (AvgIpc) is 2.92. The number of carbonyl (C=O) groups is 1. The van der Waals surface area contributed by atoms with Gasteiger partial charge in [0.25, 0.3) is 0 Å². The molecule has 0 saturated heterocycles. The largest absolute Gasteiger partial charge is 0.480 e. The van der Waals surface area contributed by atoms with E-state index in [-0.39, 0.29) is 12.4 Å². The number of halogens is 1. The van der Waals surface area contributed by atoms with Crippen LogP contribution in [0.1, 0.15) is 25.0 Å². The molecule has 0 aromatic carbocycles. The molecule has 1 aliphatic rings. The van der Waals surface area contributed by atoms with Gasteiger partial charge in [-0.15, -0.1) is 0 Å². The third-order valence-electron chi connectivity index (χ3n) is 3.79. The number of aliphatic imine (C=N–C) groups is 1.